The molecule has 0 spiro atoms. The first kappa shape index (κ1) is 12.6. The molecule has 1 saturated heterocycles. The Bertz CT molecular complexity index is 346. The van der Waals surface area contributed by atoms with Crippen LogP contribution in [-0.4, -0.2) is 23.1 Å². The molecular weight excluding hydrogens is 210 g/mol. The number of hydrogen-bond acceptors (Lipinski definition) is 2. The topological polar surface area (TPSA) is 23.5 Å². The van der Waals surface area contributed by atoms with E-state index in [1.165, 1.54) is 25.1 Å². The van der Waals surface area contributed by atoms with Gasteiger partial charge >= 0.3 is 0 Å². The zero-order valence-electron chi connectivity index (χ0n) is 10.9. The highest BCUT2D eigenvalue weighted by Gasteiger charge is 2.22. The third-order valence-corrected chi connectivity index (χ3v) is 4.03. The quantitative estimate of drug-likeness (QED) is 0.867. The summed E-state index contributed by atoms with van der Waals surface area (Å²) in [7, 11) is 0. The van der Waals surface area contributed by atoms with Crippen molar-refractivity contribution in [1.29, 1.82) is 0 Å². The first-order valence-corrected chi connectivity index (χ1v) is 6.60. The van der Waals surface area contributed by atoms with Crippen molar-refractivity contribution in [3.05, 3.63) is 35.4 Å². The minimum absolute atomic E-state index is 0.137. The Kier molecular flexibility index (Phi) is 4.19. The summed E-state index contributed by atoms with van der Waals surface area (Å²) in [6.45, 7) is 8.32. The van der Waals surface area contributed by atoms with Crippen LogP contribution in [0, 0.1) is 11.8 Å². The van der Waals surface area contributed by atoms with E-state index in [9.17, 15) is 0 Å². The fraction of sp³-hybridized carbons (Fsp3) is 0.600. The van der Waals surface area contributed by atoms with Crippen molar-refractivity contribution in [1.82, 2.24) is 4.90 Å². The van der Waals surface area contributed by atoms with Crippen LogP contribution in [0.2, 0.25) is 0 Å². The lowest BCUT2D eigenvalue weighted by Crippen LogP contribution is -2.37. The highest BCUT2D eigenvalue weighted by molar-refractivity contribution is 5.21. The van der Waals surface area contributed by atoms with Gasteiger partial charge in [-0.2, -0.15) is 0 Å². The Morgan fingerprint density at radius 1 is 1.12 bits per heavy atom. The second-order valence-electron chi connectivity index (χ2n) is 5.45. The average Bonchev–Trinajstić information content (AvgIpc) is 2.35. The zero-order valence-corrected chi connectivity index (χ0v) is 10.9. The van der Waals surface area contributed by atoms with Gasteiger partial charge in [-0.1, -0.05) is 38.1 Å². The molecule has 94 valence electrons. The smallest absolute Gasteiger partial charge is 0.0681 e. The Balaban J connectivity index is 1.92. The molecule has 0 saturated carbocycles. The molecular formula is C15H23NO. The molecule has 2 atom stereocenters. The van der Waals surface area contributed by atoms with Gasteiger partial charge in [0.05, 0.1) is 6.61 Å². The van der Waals surface area contributed by atoms with Crippen molar-refractivity contribution in [2.45, 2.75) is 33.4 Å². The SMILES string of the molecule is CC1CCN(Cc2ccc(CO)cc2)CC1C. The van der Waals surface area contributed by atoms with Crippen LogP contribution in [0.1, 0.15) is 31.4 Å². The van der Waals surface area contributed by atoms with E-state index in [1.807, 2.05) is 12.1 Å². The maximum absolute atomic E-state index is 9.00. The van der Waals surface area contributed by atoms with Crippen molar-refractivity contribution >= 4 is 0 Å². The number of aliphatic hydroxyl groups is 1. The van der Waals surface area contributed by atoms with Gasteiger partial charge in [0.1, 0.15) is 0 Å². The minimum atomic E-state index is 0.137. The summed E-state index contributed by atoms with van der Waals surface area (Å²) in [5.74, 6) is 1.67. The van der Waals surface area contributed by atoms with Crippen molar-refractivity contribution < 1.29 is 5.11 Å². The van der Waals surface area contributed by atoms with Gasteiger partial charge in [0.2, 0.25) is 0 Å². The van der Waals surface area contributed by atoms with E-state index < -0.39 is 0 Å². The summed E-state index contributed by atoms with van der Waals surface area (Å²) in [5, 5.41) is 9.00. The third kappa shape index (κ3) is 3.30. The number of likely N-dealkylation sites (tertiary alicyclic amines) is 1. The number of rotatable bonds is 3. The normalized spacial score (nSPS) is 26.1. The van der Waals surface area contributed by atoms with E-state index in [4.69, 9.17) is 5.11 Å². The monoisotopic (exact) mass is 233 g/mol. The standard InChI is InChI=1S/C15H23NO/c1-12-7-8-16(9-13(12)2)10-14-3-5-15(11-17)6-4-14/h3-6,12-13,17H,7-11H2,1-2H3. The molecule has 2 rings (SSSR count). The lowest BCUT2D eigenvalue weighted by Gasteiger charge is -2.35. The Hall–Kier alpha value is -0.860. The fourth-order valence-corrected chi connectivity index (χ4v) is 2.50. The fourth-order valence-electron chi connectivity index (χ4n) is 2.50. The number of aliphatic hydroxyl groups excluding tert-OH is 1. The van der Waals surface area contributed by atoms with Crippen LogP contribution in [0.4, 0.5) is 0 Å². The summed E-state index contributed by atoms with van der Waals surface area (Å²) in [6.07, 6.45) is 1.32. The summed E-state index contributed by atoms with van der Waals surface area (Å²) in [4.78, 5) is 2.54. The van der Waals surface area contributed by atoms with E-state index in [-0.39, 0.29) is 6.61 Å². The largest absolute Gasteiger partial charge is 0.392 e. The van der Waals surface area contributed by atoms with Crippen molar-refractivity contribution in [2.24, 2.45) is 11.8 Å². The second-order valence-corrected chi connectivity index (χ2v) is 5.45. The highest BCUT2D eigenvalue weighted by Crippen LogP contribution is 2.23. The molecule has 1 aromatic carbocycles. The minimum Gasteiger partial charge on any atom is -0.392 e. The van der Waals surface area contributed by atoms with Crippen LogP contribution in [0.3, 0.4) is 0 Å². The first-order valence-electron chi connectivity index (χ1n) is 6.60. The number of hydrogen-bond donors (Lipinski definition) is 1. The van der Waals surface area contributed by atoms with Crippen molar-refractivity contribution in [3.8, 4) is 0 Å². The molecule has 1 fully saturated rings. The van der Waals surface area contributed by atoms with E-state index in [1.54, 1.807) is 0 Å². The van der Waals surface area contributed by atoms with Gasteiger partial charge in [-0.3, -0.25) is 4.90 Å². The molecule has 1 N–H and O–H groups in total. The molecule has 2 heteroatoms. The van der Waals surface area contributed by atoms with Crippen molar-refractivity contribution in [3.63, 3.8) is 0 Å². The zero-order chi connectivity index (χ0) is 12.3. The van der Waals surface area contributed by atoms with Gasteiger partial charge in [-0.25, -0.2) is 0 Å². The van der Waals surface area contributed by atoms with Gasteiger partial charge in [0.25, 0.3) is 0 Å². The maximum Gasteiger partial charge on any atom is 0.0681 e. The highest BCUT2D eigenvalue weighted by atomic mass is 16.3. The molecule has 0 aliphatic carbocycles. The van der Waals surface area contributed by atoms with Crippen LogP contribution in [0.25, 0.3) is 0 Å². The maximum atomic E-state index is 9.00. The van der Waals surface area contributed by atoms with Gasteiger partial charge in [0, 0.05) is 13.1 Å². The summed E-state index contributed by atoms with van der Waals surface area (Å²) < 4.78 is 0. The van der Waals surface area contributed by atoms with Crippen LogP contribution < -0.4 is 0 Å². The molecule has 1 aliphatic heterocycles. The second kappa shape index (κ2) is 5.65. The van der Waals surface area contributed by atoms with Gasteiger partial charge in [0.15, 0.2) is 0 Å². The number of benzene rings is 1. The molecule has 2 unspecified atom stereocenters. The van der Waals surface area contributed by atoms with E-state index in [0.29, 0.717) is 0 Å². The summed E-state index contributed by atoms with van der Waals surface area (Å²) in [6, 6.07) is 8.30. The van der Waals surface area contributed by atoms with E-state index in [2.05, 4.69) is 30.9 Å². The van der Waals surface area contributed by atoms with Gasteiger partial charge < -0.3 is 5.11 Å². The summed E-state index contributed by atoms with van der Waals surface area (Å²) in [5.41, 5.74) is 2.35. The Morgan fingerprint density at radius 2 is 1.76 bits per heavy atom. The first-order chi connectivity index (χ1) is 8.19. The summed E-state index contributed by atoms with van der Waals surface area (Å²) >= 11 is 0. The lowest BCUT2D eigenvalue weighted by molar-refractivity contribution is 0.132. The van der Waals surface area contributed by atoms with E-state index >= 15 is 0 Å². The van der Waals surface area contributed by atoms with E-state index in [0.717, 1.165) is 23.9 Å². The molecule has 1 aromatic rings. The van der Waals surface area contributed by atoms with Crippen molar-refractivity contribution in [2.75, 3.05) is 13.1 Å². The lowest BCUT2D eigenvalue weighted by atomic mass is 9.88. The van der Waals surface area contributed by atoms with Crippen LogP contribution >= 0.6 is 0 Å². The molecule has 0 bridgehead atoms. The molecule has 0 amide bonds. The molecule has 0 radical (unpaired) electrons. The molecule has 0 aromatic heterocycles. The van der Waals surface area contributed by atoms with Crippen LogP contribution in [0.5, 0.6) is 0 Å². The number of nitrogens with zero attached hydrogens (tertiary/aromatic N) is 1. The van der Waals surface area contributed by atoms with Crippen LogP contribution in [-0.2, 0) is 13.2 Å². The van der Waals surface area contributed by atoms with Crippen LogP contribution in [0.15, 0.2) is 24.3 Å². The van der Waals surface area contributed by atoms with Gasteiger partial charge in [-0.05, 0) is 35.9 Å². The van der Waals surface area contributed by atoms with Gasteiger partial charge in [-0.15, -0.1) is 0 Å². The molecule has 1 aliphatic rings. The Morgan fingerprint density at radius 3 is 2.35 bits per heavy atom. The average molecular weight is 233 g/mol. The number of piperidine rings is 1. The third-order valence-electron chi connectivity index (χ3n) is 4.03. The molecule has 2 nitrogen and oxygen atoms in total. The predicted molar refractivity (Wildman–Crippen MR) is 70.6 cm³/mol. The predicted octanol–water partition coefficient (Wildman–Crippen LogP) is 2.66. The molecule has 1 heterocycles. The Labute approximate surface area is 104 Å². The molecule has 17 heavy (non-hydrogen) atoms.